The average molecular weight is 263 g/mol. The van der Waals surface area contributed by atoms with E-state index >= 15 is 0 Å². The van der Waals surface area contributed by atoms with E-state index in [2.05, 4.69) is 4.72 Å². The van der Waals surface area contributed by atoms with Crippen molar-refractivity contribution >= 4 is 27.5 Å². The predicted octanol–water partition coefficient (Wildman–Crippen LogP) is 2.18. The van der Waals surface area contributed by atoms with Crippen molar-refractivity contribution in [2.45, 2.75) is 13.8 Å². The average Bonchev–Trinajstić information content (AvgIpc) is 2.11. The summed E-state index contributed by atoms with van der Waals surface area (Å²) in [5.74, 6) is 0. The highest BCUT2D eigenvalue weighted by Crippen LogP contribution is 2.28. The van der Waals surface area contributed by atoms with Crippen LogP contribution in [0.25, 0.3) is 0 Å². The summed E-state index contributed by atoms with van der Waals surface area (Å²) in [6.07, 6.45) is 0. The van der Waals surface area contributed by atoms with Crippen molar-refractivity contribution in [3.8, 4) is 0 Å². The number of benzene rings is 1. The van der Waals surface area contributed by atoms with Crippen LogP contribution in [0.1, 0.15) is 11.1 Å². The molecule has 0 saturated carbocycles. The summed E-state index contributed by atoms with van der Waals surface area (Å²) in [5.41, 5.74) is 2.23. The Morgan fingerprint density at radius 2 is 1.81 bits per heavy atom. The van der Waals surface area contributed by atoms with Gasteiger partial charge in [-0.2, -0.15) is 12.7 Å². The highest BCUT2D eigenvalue weighted by atomic mass is 35.5. The first-order valence-electron chi connectivity index (χ1n) is 4.71. The second-order valence-electron chi connectivity index (χ2n) is 3.83. The molecule has 0 bridgehead atoms. The first-order chi connectivity index (χ1) is 7.24. The number of rotatable bonds is 3. The van der Waals surface area contributed by atoms with Crippen molar-refractivity contribution in [1.82, 2.24) is 4.31 Å². The zero-order valence-electron chi connectivity index (χ0n) is 9.70. The van der Waals surface area contributed by atoms with Crippen LogP contribution in [0.5, 0.6) is 0 Å². The molecule has 0 unspecified atom stereocenters. The van der Waals surface area contributed by atoms with E-state index in [1.807, 2.05) is 19.9 Å². The monoisotopic (exact) mass is 262 g/mol. The smallest absolute Gasteiger partial charge is 0.269 e. The standard InChI is InChI=1S/C10H15ClN2O2S/c1-7-5-8(2)10(9(11)6-7)12-16(14,15)13(3)4/h5-6,12H,1-4H3. The maximum Gasteiger partial charge on any atom is 0.301 e. The molecule has 90 valence electrons. The largest absolute Gasteiger partial charge is 0.301 e. The van der Waals surface area contributed by atoms with Crippen molar-refractivity contribution in [3.63, 3.8) is 0 Å². The van der Waals surface area contributed by atoms with Gasteiger partial charge >= 0.3 is 10.2 Å². The lowest BCUT2D eigenvalue weighted by atomic mass is 10.1. The minimum absolute atomic E-state index is 0.405. The van der Waals surface area contributed by atoms with E-state index in [-0.39, 0.29) is 0 Å². The fraction of sp³-hybridized carbons (Fsp3) is 0.400. The van der Waals surface area contributed by atoms with E-state index in [0.717, 1.165) is 15.4 Å². The molecule has 0 aliphatic carbocycles. The van der Waals surface area contributed by atoms with Gasteiger partial charge in [0.15, 0.2) is 0 Å². The maximum absolute atomic E-state index is 11.6. The highest BCUT2D eigenvalue weighted by molar-refractivity contribution is 7.90. The van der Waals surface area contributed by atoms with E-state index in [4.69, 9.17) is 11.6 Å². The molecule has 0 fully saturated rings. The molecule has 0 atom stereocenters. The van der Waals surface area contributed by atoms with Crippen LogP contribution in [0, 0.1) is 13.8 Å². The van der Waals surface area contributed by atoms with Gasteiger partial charge in [0.05, 0.1) is 10.7 Å². The van der Waals surface area contributed by atoms with Crippen LogP contribution in [0.2, 0.25) is 5.02 Å². The number of aryl methyl sites for hydroxylation is 2. The third-order valence-electron chi connectivity index (χ3n) is 2.14. The van der Waals surface area contributed by atoms with Gasteiger partial charge in [-0.15, -0.1) is 0 Å². The predicted molar refractivity (Wildman–Crippen MR) is 67.2 cm³/mol. The van der Waals surface area contributed by atoms with Crippen LogP contribution in [-0.2, 0) is 10.2 Å². The second kappa shape index (κ2) is 4.61. The summed E-state index contributed by atoms with van der Waals surface area (Å²) >= 11 is 6.00. The number of halogens is 1. The molecule has 1 N–H and O–H groups in total. The summed E-state index contributed by atoms with van der Waals surface area (Å²) < 4.78 is 26.8. The Labute approximate surface area is 101 Å². The minimum Gasteiger partial charge on any atom is -0.269 e. The third kappa shape index (κ3) is 2.87. The van der Waals surface area contributed by atoms with Crippen molar-refractivity contribution < 1.29 is 8.42 Å². The Kier molecular flexibility index (Phi) is 3.83. The Bertz CT molecular complexity index is 475. The summed E-state index contributed by atoms with van der Waals surface area (Å²) in [6, 6.07) is 3.60. The molecule has 0 saturated heterocycles. The maximum atomic E-state index is 11.6. The molecule has 16 heavy (non-hydrogen) atoms. The molecule has 6 heteroatoms. The van der Waals surface area contributed by atoms with Gasteiger partial charge in [0, 0.05) is 14.1 Å². The molecule has 0 heterocycles. The molecule has 1 aromatic rings. The van der Waals surface area contributed by atoms with Gasteiger partial charge in [0.1, 0.15) is 0 Å². The van der Waals surface area contributed by atoms with E-state index in [1.165, 1.54) is 14.1 Å². The van der Waals surface area contributed by atoms with Gasteiger partial charge in [-0.1, -0.05) is 17.7 Å². The zero-order valence-corrected chi connectivity index (χ0v) is 11.3. The number of hydrogen-bond acceptors (Lipinski definition) is 2. The summed E-state index contributed by atoms with van der Waals surface area (Å²) in [6.45, 7) is 3.72. The summed E-state index contributed by atoms with van der Waals surface area (Å²) in [4.78, 5) is 0. The number of nitrogens with zero attached hydrogens (tertiary/aromatic N) is 1. The molecule has 0 aliphatic heterocycles. The molecule has 4 nitrogen and oxygen atoms in total. The number of nitrogens with one attached hydrogen (secondary N) is 1. The summed E-state index contributed by atoms with van der Waals surface area (Å²) in [5, 5.41) is 0.405. The number of hydrogen-bond donors (Lipinski definition) is 1. The second-order valence-corrected chi connectivity index (χ2v) is 6.12. The molecular weight excluding hydrogens is 248 g/mol. The molecule has 0 spiro atoms. The fourth-order valence-corrected chi connectivity index (χ4v) is 2.40. The molecule has 0 radical (unpaired) electrons. The lowest BCUT2D eigenvalue weighted by Crippen LogP contribution is -2.29. The lowest BCUT2D eigenvalue weighted by molar-refractivity contribution is 0.527. The first kappa shape index (κ1) is 13.3. The molecule has 0 amide bonds. The first-order valence-corrected chi connectivity index (χ1v) is 6.53. The van der Waals surface area contributed by atoms with Gasteiger partial charge in [-0.3, -0.25) is 4.72 Å². The minimum atomic E-state index is -3.51. The van der Waals surface area contributed by atoms with Gasteiger partial charge in [0.2, 0.25) is 0 Å². The molecular formula is C10H15ClN2O2S. The Hall–Kier alpha value is -0.780. The Morgan fingerprint density at radius 3 is 2.25 bits per heavy atom. The van der Waals surface area contributed by atoms with Crippen molar-refractivity contribution in [3.05, 3.63) is 28.3 Å². The van der Waals surface area contributed by atoms with Crippen molar-refractivity contribution in [2.24, 2.45) is 0 Å². The van der Waals surface area contributed by atoms with Crippen LogP contribution >= 0.6 is 11.6 Å². The van der Waals surface area contributed by atoms with Crippen LogP contribution in [0.4, 0.5) is 5.69 Å². The third-order valence-corrected chi connectivity index (χ3v) is 3.87. The topological polar surface area (TPSA) is 49.4 Å². The summed E-state index contributed by atoms with van der Waals surface area (Å²) in [7, 11) is -0.594. The van der Waals surface area contributed by atoms with E-state index in [9.17, 15) is 8.42 Å². The number of anilines is 1. The quantitative estimate of drug-likeness (QED) is 0.908. The van der Waals surface area contributed by atoms with Crippen LogP contribution in [0.15, 0.2) is 12.1 Å². The van der Waals surface area contributed by atoms with Gasteiger partial charge in [-0.25, -0.2) is 0 Å². The SMILES string of the molecule is Cc1cc(C)c(NS(=O)(=O)N(C)C)c(Cl)c1. The van der Waals surface area contributed by atoms with E-state index < -0.39 is 10.2 Å². The van der Waals surface area contributed by atoms with Crippen LogP contribution < -0.4 is 4.72 Å². The molecule has 0 aliphatic rings. The van der Waals surface area contributed by atoms with Crippen molar-refractivity contribution in [1.29, 1.82) is 0 Å². The molecule has 1 aromatic carbocycles. The normalized spacial score (nSPS) is 11.9. The molecule has 0 aromatic heterocycles. The zero-order chi connectivity index (χ0) is 12.5. The van der Waals surface area contributed by atoms with E-state index in [1.54, 1.807) is 6.07 Å². The fourth-order valence-electron chi connectivity index (χ4n) is 1.27. The van der Waals surface area contributed by atoms with Crippen LogP contribution in [0.3, 0.4) is 0 Å². The van der Waals surface area contributed by atoms with Crippen LogP contribution in [-0.4, -0.2) is 26.8 Å². The highest BCUT2D eigenvalue weighted by Gasteiger charge is 2.16. The van der Waals surface area contributed by atoms with Gasteiger partial charge in [0.25, 0.3) is 0 Å². The van der Waals surface area contributed by atoms with Gasteiger partial charge < -0.3 is 0 Å². The van der Waals surface area contributed by atoms with Crippen molar-refractivity contribution in [2.75, 3.05) is 18.8 Å². The lowest BCUT2D eigenvalue weighted by Gasteiger charge is -2.16. The molecule has 1 rings (SSSR count). The van der Waals surface area contributed by atoms with E-state index in [0.29, 0.717) is 10.7 Å². The van der Waals surface area contributed by atoms with Gasteiger partial charge in [-0.05, 0) is 31.0 Å². The Balaban J connectivity index is 3.17. The Morgan fingerprint density at radius 1 is 1.25 bits per heavy atom.